The zero-order chi connectivity index (χ0) is 14.1. The van der Waals surface area contributed by atoms with Crippen molar-refractivity contribution < 1.29 is 14.7 Å². The van der Waals surface area contributed by atoms with Crippen molar-refractivity contribution >= 4 is 17.6 Å². The fourth-order valence-electron chi connectivity index (χ4n) is 3.02. The van der Waals surface area contributed by atoms with Crippen molar-refractivity contribution in [2.75, 3.05) is 18.4 Å². The summed E-state index contributed by atoms with van der Waals surface area (Å²) in [6.45, 7) is 1.43. The van der Waals surface area contributed by atoms with Crippen LogP contribution in [0.25, 0.3) is 0 Å². The van der Waals surface area contributed by atoms with Crippen molar-refractivity contribution in [1.29, 1.82) is 0 Å². The Kier molecular flexibility index (Phi) is 3.34. The molecule has 106 valence electrons. The van der Waals surface area contributed by atoms with Gasteiger partial charge in [-0.05, 0) is 43.4 Å². The molecule has 0 radical (unpaired) electrons. The first-order chi connectivity index (χ1) is 9.66. The Morgan fingerprint density at radius 3 is 2.95 bits per heavy atom. The van der Waals surface area contributed by atoms with Gasteiger partial charge in [-0.2, -0.15) is 0 Å². The molecule has 5 heteroatoms. The molecule has 0 bridgehead atoms. The smallest absolute Gasteiger partial charge is 0.326 e. The monoisotopic (exact) mass is 274 g/mol. The number of hydrogen-bond acceptors (Lipinski definition) is 3. The highest BCUT2D eigenvalue weighted by Gasteiger charge is 2.32. The van der Waals surface area contributed by atoms with Crippen molar-refractivity contribution in [3.63, 3.8) is 0 Å². The molecule has 0 spiro atoms. The summed E-state index contributed by atoms with van der Waals surface area (Å²) in [5, 5.41) is 12.5. The molecule has 1 atom stereocenters. The molecule has 0 aromatic heterocycles. The number of carbonyl (C=O) groups is 2. The normalized spacial score (nSPS) is 21.2. The number of carboxylic acids is 1. The summed E-state index contributed by atoms with van der Waals surface area (Å²) in [7, 11) is 0. The standard InChI is InChI=1S/C15H18N2O3/c18-14(17-8-2-1-3-13(17)15(19)20)11-5-4-10-6-7-16-12(10)9-11/h4-5,9,13,16H,1-3,6-8H2,(H,19,20)/t13-/m0/s1. The number of anilines is 1. The van der Waals surface area contributed by atoms with Gasteiger partial charge in [-0.3, -0.25) is 4.79 Å². The highest BCUT2D eigenvalue weighted by Crippen LogP contribution is 2.26. The summed E-state index contributed by atoms with van der Waals surface area (Å²) in [5.74, 6) is -1.08. The molecule has 1 aromatic rings. The van der Waals surface area contributed by atoms with Crippen LogP contribution in [0, 0.1) is 0 Å². The number of hydrogen-bond donors (Lipinski definition) is 2. The van der Waals surface area contributed by atoms with Gasteiger partial charge in [0.15, 0.2) is 0 Å². The van der Waals surface area contributed by atoms with Gasteiger partial charge in [-0.1, -0.05) is 6.07 Å². The molecular formula is C15H18N2O3. The number of rotatable bonds is 2. The Bertz CT molecular complexity index is 556. The Hall–Kier alpha value is -2.04. The van der Waals surface area contributed by atoms with Gasteiger partial charge >= 0.3 is 5.97 Å². The zero-order valence-electron chi connectivity index (χ0n) is 11.3. The molecule has 2 aliphatic rings. The summed E-state index contributed by atoms with van der Waals surface area (Å²) >= 11 is 0. The predicted octanol–water partition coefficient (Wildman–Crippen LogP) is 1.73. The van der Waals surface area contributed by atoms with Gasteiger partial charge < -0.3 is 15.3 Å². The molecular weight excluding hydrogens is 256 g/mol. The first kappa shape index (κ1) is 13.0. The third-order valence-electron chi connectivity index (χ3n) is 4.12. The third kappa shape index (κ3) is 2.24. The fourth-order valence-corrected chi connectivity index (χ4v) is 3.02. The van der Waals surface area contributed by atoms with Gasteiger partial charge in [-0.15, -0.1) is 0 Å². The molecule has 20 heavy (non-hydrogen) atoms. The largest absolute Gasteiger partial charge is 0.480 e. The van der Waals surface area contributed by atoms with E-state index < -0.39 is 12.0 Å². The number of likely N-dealkylation sites (tertiary alicyclic amines) is 1. The van der Waals surface area contributed by atoms with E-state index in [0.717, 1.165) is 31.5 Å². The molecule has 1 amide bonds. The number of nitrogens with zero attached hydrogens (tertiary/aromatic N) is 1. The summed E-state index contributed by atoms with van der Waals surface area (Å²) in [4.78, 5) is 25.3. The van der Waals surface area contributed by atoms with Crippen molar-refractivity contribution in [3.05, 3.63) is 29.3 Å². The quantitative estimate of drug-likeness (QED) is 0.861. The first-order valence-corrected chi connectivity index (χ1v) is 7.07. The molecule has 0 aliphatic carbocycles. The predicted molar refractivity (Wildman–Crippen MR) is 74.9 cm³/mol. The fraction of sp³-hybridized carbons (Fsp3) is 0.467. The van der Waals surface area contributed by atoms with Crippen LogP contribution >= 0.6 is 0 Å². The molecule has 2 heterocycles. The van der Waals surface area contributed by atoms with Gasteiger partial charge in [0.05, 0.1) is 0 Å². The molecule has 5 nitrogen and oxygen atoms in total. The van der Waals surface area contributed by atoms with Crippen LogP contribution in [-0.2, 0) is 11.2 Å². The Balaban J connectivity index is 1.85. The van der Waals surface area contributed by atoms with Crippen LogP contribution in [0.1, 0.15) is 35.2 Å². The van der Waals surface area contributed by atoms with Crippen molar-refractivity contribution in [2.45, 2.75) is 31.7 Å². The lowest BCUT2D eigenvalue weighted by atomic mass is 10.00. The average Bonchev–Trinajstić information content (AvgIpc) is 2.93. The Morgan fingerprint density at radius 2 is 2.15 bits per heavy atom. The number of carboxylic acid groups (broad SMARTS) is 1. The van der Waals surface area contributed by atoms with Crippen LogP contribution in [0.5, 0.6) is 0 Å². The second-order valence-corrected chi connectivity index (χ2v) is 5.40. The van der Waals surface area contributed by atoms with Crippen molar-refractivity contribution in [1.82, 2.24) is 4.90 Å². The molecule has 2 N–H and O–H groups in total. The minimum absolute atomic E-state index is 0.173. The molecule has 1 fully saturated rings. The highest BCUT2D eigenvalue weighted by molar-refractivity contribution is 5.97. The van der Waals surface area contributed by atoms with Crippen molar-refractivity contribution in [2.24, 2.45) is 0 Å². The van der Waals surface area contributed by atoms with Crippen LogP contribution in [0.15, 0.2) is 18.2 Å². The number of amides is 1. The maximum absolute atomic E-state index is 12.5. The number of carbonyl (C=O) groups excluding carboxylic acids is 1. The number of fused-ring (bicyclic) bond motifs is 1. The molecule has 1 saturated heterocycles. The van der Waals surface area contributed by atoms with Gasteiger partial charge in [0.2, 0.25) is 0 Å². The van der Waals surface area contributed by atoms with Crippen molar-refractivity contribution in [3.8, 4) is 0 Å². The number of nitrogens with one attached hydrogen (secondary N) is 1. The van der Waals surface area contributed by atoms with Crippen LogP contribution in [0.4, 0.5) is 5.69 Å². The number of piperidine rings is 1. The maximum Gasteiger partial charge on any atom is 0.326 e. The number of aliphatic carboxylic acids is 1. The van der Waals surface area contributed by atoms with Crippen LogP contribution in [0.3, 0.4) is 0 Å². The summed E-state index contributed by atoms with van der Waals surface area (Å²) in [5.41, 5.74) is 2.79. The molecule has 1 aromatic carbocycles. The Labute approximate surface area is 117 Å². The summed E-state index contributed by atoms with van der Waals surface area (Å²) < 4.78 is 0. The van der Waals surface area contributed by atoms with E-state index >= 15 is 0 Å². The topological polar surface area (TPSA) is 69.6 Å². The maximum atomic E-state index is 12.5. The van der Waals surface area contributed by atoms with E-state index in [1.807, 2.05) is 18.2 Å². The minimum atomic E-state index is -0.905. The van der Waals surface area contributed by atoms with E-state index in [1.54, 1.807) is 0 Å². The minimum Gasteiger partial charge on any atom is -0.480 e. The van der Waals surface area contributed by atoms with E-state index in [4.69, 9.17) is 0 Å². The highest BCUT2D eigenvalue weighted by atomic mass is 16.4. The molecule has 0 unspecified atom stereocenters. The van der Waals surface area contributed by atoms with Gasteiger partial charge in [0.1, 0.15) is 6.04 Å². The summed E-state index contributed by atoms with van der Waals surface area (Å²) in [6.07, 6.45) is 3.26. The van der Waals surface area contributed by atoms with Gasteiger partial charge in [-0.25, -0.2) is 4.79 Å². The Morgan fingerprint density at radius 1 is 1.30 bits per heavy atom. The third-order valence-corrected chi connectivity index (χ3v) is 4.12. The SMILES string of the molecule is O=C(O)[C@@H]1CCCCN1C(=O)c1ccc2c(c1)NCC2. The second kappa shape index (κ2) is 5.15. The van der Waals surface area contributed by atoms with Crippen LogP contribution in [0.2, 0.25) is 0 Å². The first-order valence-electron chi connectivity index (χ1n) is 7.07. The second-order valence-electron chi connectivity index (χ2n) is 5.40. The van der Waals surface area contributed by atoms with Gasteiger partial charge in [0.25, 0.3) is 5.91 Å². The molecule has 2 aliphatic heterocycles. The summed E-state index contributed by atoms with van der Waals surface area (Å²) in [6, 6.07) is 4.93. The van der Waals surface area contributed by atoms with Crippen LogP contribution < -0.4 is 5.32 Å². The van der Waals surface area contributed by atoms with E-state index in [9.17, 15) is 14.7 Å². The lowest BCUT2D eigenvalue weighted by molar-refractivity contribution is -0.143. The van der Waals surface area contributed by atoms with Crippen LogP contribution in [-0.4, -0.2) is 41.0 Å². The lowest BCUT2D eigenvalue weighted by Crippen LogP contribution is -2.47. The van der Waals surface area contributed by atoms with E-state index in [2.05, 4.69) is 5.32 Å². The average molecular weight is 274 g/mol. The molecule has 3 rings (SSSR count). The van der Waals surface area contributed by atoms with E-state index in [-0.39, 0.29) is 5.91 Å². The van der Waals surface area contributed by atoms with E-state index in [1.165, 1.54) is 10.5 Å². The molecule has 0 saturated carbocycles. The van der Waals surface area contributed by atoms with Gasteiger partial charge in [0, 0.05) is 24.3 Å². The lowest BCUT2D eigenvalue weighted by Gasteiger charge is -2.33. The van der Waals surface area contributed by atoms with E-state index in [0.29, 0.717) is 18.5 Å². The number of benzene rings is 1. The zero-order valence-corrected chi connectivity index (χ0v) is 11.3.